The summed E-state index contributed by atoms with van der Waals surface area (Å²) >= 11 is 0. The van der Waals surface area contributed by atoms with Gasteiger partial charge in [-0.25, -0.2) is 0 Å². The maximum Gasteiger partial charge on any atom is 0.311 e. The molecule has 1 fully saturated rings. The number of ether oxygens (including phenoxy) is 1. The minimum atomic E-state index is -0.565. The van der Waals surface area contributed by atoms with Crippen molar-refractivity contribution in [3.8, 4) is 5.75 Å². The van der Waals surface area contributed by atoms with Gasteiger partial charge in [0.05, 0.1) is 6.54 Å². The molecule has 6 heteroatoms. The number of nitrogens with zero attached hydrogens (tertiary/aromatic N) is 1. The van der Waals surface area contributed by atoms with E-state index in [1.807, 2.05) is 31.2 Å². The van der Waals surface area contributed by atoms with E-state index in [4.69, 9.17) is 4.74 Å². The number of nitrogens with one attached hydrogen (secondary N) is 2. The number of piperazine rings is 1. The Balaban J connectivity index is 1.68. The van der Waals surface area contributed by atoms with Gasteiger partial charge in [-0.3, -0.25) is 9.59 Å². The first-order chi connectivity index (χ1) is 10.2. The molecule has 6 nitrogen and oxygen atoms in total. The lowest BCUT2D eigenvalue weighted by Crippen LogP contribution is -2.51. The molecule has 114 valence electrons. The first-order valence-electron chi connectivity index (χ1n) is 7.14. The standard InChI is InChI=1S/C15H21N3O3/c1-12-3-2-4-13(11-12)21-10-7-17-14(19)15(20)18-8-5-16-6-9-18/h2-4,11,16H,5-10H2,1H3,(H,17,19). The number of rotatable bonds is 4. The van der Waals surface area contributed by atoms with Gasteiger partial charge in [-0.1, -0.05) is 12.1 Å². The Bertz CT molecular complexity index is 499. The Labute approximate surface area is 124 Å². The Morgan fingerprint density at radius 2 is 2.10 bits per heavy atom. The van der Waals surface area contributed by atoms with E-state index in [-0.39, 0.29) is 0 Å². The summed E-state index contributed by atoms with van der Waals surface area (Å²) < 4.78 is 5.51. The molecule has 0 saturated carbocycles. The molecule has 1 aromatic rings. The van der Waals surface area contributed by atoms with E-state index in [0.29, 0.717) is 26.2 Å². The summed E-state index contributed by atoms with van der Waals surface area (Å²) in [6.07, 6.45) is 0. The first kappa shape index (κ1) is 15.3. The fraction of sp³-hybridized carbons (Fsp3) is 0.467. The van der Waals surface area contributed by atoms with E-state index in [0.717, 1.165) is 24.4 Å². The van der Waals surface area contributed by atoms with E-state index >= 15 is 0 Å². The van der Waals surface area contributed by atoms with Crippen LogP contribution in [0.3, 0.4) is 0 Å². The van der Waals surface area contributed by atoms with Crippen LogP contribution >= 0.6 is 0 Å². The van der Waals surface area contributed by atoms with Gasteiger partial charge in [0.2, 0.25) is 0 Å². The van der Waals surface area contributed by atoms with Gasteiger partial charge in [-0.2, -0.15) is 0 Å². The molecule has 2 rings (SSSR count). The van der Waals surface area contributed by atoms with E-state index in [1.165, 1.54) is 0 Å². The van der Waals surface area contributed by atoms with Crippen LogP contribution in [0.5, 0.6) is 5.75 Å². The first-order valence-corrected chi connectivity index (χ1v) is 7.14. The molecule has 1 aromatic carbocycles. The van der Waals surface area contributed by atoms with Crippen molar-refractivity contribution >= 4 is 11.8 Å². The van der Waals surface area contributed by atoms with Crippen molar-refractivity contribution < 1.29 is 14.3 Å². The topological polar surface area (TPSA) is 70.7 Å². The molecule has 1 heterocycles. The van der Waals surface area contributed by atoms with Crippen molar-refractivity contribution in [3.63, 3.8) is 0 Å². The molecule has 0 bridgehead atoms. The van der Waals surface area contributed by atoms with Crippen LogP contribution in [-0.4, -0.2) is 56.0 Å². The molecule has 1 aliphatic rings. The summed E-state index contributed by atoms with van der Waals surface area (Å²) in [6, 6.07) is 7.69. The van der Waals surface area contributed by atoms with Crippen molar-refractivity contribution in [2.24, 2.45) is 0 Å². The molecule has 0 unspecified atom stereocenters. The maximum atomic E-state index is 11.9. The van der Waals surface area contributed by atoms with Gasteiger partial charge in [0.25, 0.3) is 0 Å². The zero-order chi connectivity index (χ0) is 15.1. The van der Waals surface area contributed by atoms with Crippen LogP contribution in [0.15, 0.2) is 24.3 Å². The summed E-state index contributed by atoms with van der Waals surface area (Å²) in [5.41, 5.74) is 1.12. The summed E-state index contributed by atoms with van der Waals surface area (Å²) in [7, 11) is 0. The van der Waals surface area contributed by atoms with Crippen LogP contribution < -0.4 is 15.4 Å². The smallest absolute Gasteiger partial charge is 0.311 e. The van der Waals surface area contributed by atoms with E-state index < -0.39 is 11.8 Å². The monoisotopic (exact) mass is 291 g/mol. The molecular formula is C15H21N3O3. The summed E-state index contributed by atoms with van der Waals surface area (Å²) in [4.78, 5) is 25.1. The molecule has 0 aromatic heterocycles. The molecule has 1 aliphatic heterocycles. The molecule has 21 heavy (non-hydrogen) atoms. The van der Waals surface area contributed by atoms with Crippen LogP contribution in [0.25, 0.3) is 0 Å². The number of aryl methyl sites for hydroxylation is 1. The van der Waals surface area contributed by atoms with Crippen molar-refractivity contribution in [1.82, 2.24) is 15.5 Å². The Morgan fingerprint density at radius 3 is 2.81 bits per heavy atom. The van der Waals surface area contributed by atoms with Gasteiger partial charge in [0.1, 0.15) is 12.4 Å². The second-order valence-corrected chi connectivity index (χ2v) is 4.96. The van der Waals surface area contributed by atoms with Crippen LogP contribution in [-0.2, 0) is 9.59 Å². The second-order valence-electron chi connectivity index (χ2n) is 4.96. The van der Waals surface area contributed by atoms with Gasteiger partial charge in [-0.15, -0.1) is 0 Å². The van der Waals surface area contributed by atoms with Gasteiger partial charge in [-0.05, 0) is 24.6 Å². The molecular weight excluding hydrogens is 270 g/mol. The SMILES string of the molecule is Cc1cccc(OCCNC(=O)C(=O)N2CCNCC2)c1. The highest BCUT2D eigenvalue weighted by Gasteiger charge is 2.22. The molecule has 2 N–H and O–H groups in total. The highest BCUT2D eigenvalue weighted by molar-refractivity contribution is 6.35. The Kier molecular flexibility index (Phi) is 5.57. The average molecular weight is 291 g/mol. The van der Waals surface area contributed by atoms with E-state index in [1.54, 1.807) is 4.90 Å². The molecule has 2 amide bonds. The summed E-state index contributed by atoms with van der Waals surface area (Å²) in [6.45, 7) is 5.25. The molecule has 1 saturated heterocycles. The number of amides is 2. The summed E-state index contributed by atoms with van der Waals surface area (Å²) in [5.74, 6) is -0.269. The maximum absolute atomic E-state index is 11.9. The lowest BCUT2D eigenvalue weighted by molar-refractivity contribution is -0.146. The van der Waals surface area contributed by atoms with Crippen molar-refractivity contribution in [2.45, 2.75) is 6.92 Å². The molecule has 0 radical (unpaired) electrons. The Hall–Kier alpha value is -2.08. The zero-order valence-electron chi connectivity index (χ0n) is 12.2. The average Bonchev–Trinajstić information content (AvgIpc) is 2.51. The number of carbonyl (C=O) groups excluding carboxylic acids is 2. The van der Waals surface area contributed by atoms with Crippen molar-refractivity contribution in [3.05, 3.63) is 29.8 Å². The third-order valence-corrected chi connectivity index (χ3v) is 3.24. The molecule has 0 aliphatic carbocycles. The van der Waals surface area contributed by atoms with Crippen molar-refractivity contribution in [1.29, 1.82) is 0 Å². The fourth-order valence-corrected chi connectivity index (χ4v) is 2.13. The predicted molar refractivity (Wildman–Crippen MR) is 79.1 cm³/mol. The second kappa shape index (κ2) is 7.64. The zero-order valence-corrected chi connectivity index (χ0v) is 12.2. The minimum Gasteiger partial charge on any atom is -0.492 e. The minimum absolute atomic E-state index is 0.310. The number of hydrogen-bond acceptors (Lipinski definition) is 4. The number of carbonyl (C=O) groups is 2. The van der Waals surface area contributed by atoms with Gasteiger partial charge < -0.3 is 20.3 Å². The Morgan fingerprint density at radius 1 is 1.33 bits per heavy atom. The van der Waals surface area contributed by atoms with Crippen molar-refractivity contribution in [2.75, 3.05) is 39.3 Å². The highest BCUT2D eigenvalue weighted by Crippen LogP contribution is 2.11. The lowest BCUT2D eigenvalue weighted by atomic mass is 10.2. The van der Waals surface area contributed by atoms with Gasteiger partial charge in [0, 0.05) is 26.2 Å². The normalized spacial score (nSPS) is 14.6. The third-order valence-electron chi connectivity index (χ3n) is 3.24. The lowest BCUT2D eigenvalue weighted by Gasteiger charge is -2.26. The molecule has 0 atom stereocenters. The fourth-order valence-electron chi connectivity index (χ4n) is 2.13. The summed E-state index contributed by atoms with van der Waals surface area (Å²) in [5, 5.41) is 5.73. The van der Waals surface area contributed by atoms with E-state index in [9.17, 15) is 9.59 Å². The van der Waals surface area contributed by atoms with Crippen LogP contribution in [0.1, 0.15) is 5.56 Å². The number of hydrogen-bond donors (Lipinski definition) is 2. The van der Waals surface area contributed by atoms with Crippen LogP contribution in [0.4, 0.5) is 0 Å². The third kappa shape index (κ3) is 4.75. The largest absolute Gasteiger partial charge is 0.492 e. The predicted octanol–water partition coefficient (Wildman–Crippen LogP) is -0.0782. The van der Waals surface area contributed by atoms with Gasteiger partial charge >= 0.3 is 11.8 Å². The van der Waals surface area contributed by atoms with E-state index in [2.05, 4.69) is 10.6 Å². The highest BCUT2D eigenvalue weighted by atomic mass is 16.5. The van der Waals surface area contributed by atoms with Crippen LogP contribution in [0.2, 0.25) is 0 Å². The number of benzene rings is 1. The quantitative estimate of drug-likeness (QED) is 0.601. The molecule has 0 spiro atoms. The van der Waals surface area contributed by atoms with Gasteiger partial charge in [0.15, 0.2) is 0 Å². The van der Waals surface area contributed by atoms with Crippen LogP contribution in [0, 0.1) is 6.92 Å².